The van der Waals surface area contributed by atoms with E-state index in [1.165, 1.54) is 25.7 Å². The van der Waals surface area contributed by atoms with Gasteiger partial charge in [0.15, 0.2) is 11.8 Å². The van der Waals surface area contributed by atoms with Gasteiger partial charge in [-0.25, -0.2) is 14.7 Å². The van der Waals surface area contributed by atoms with E-state index in [4.69, 9.17) is 9.73 Å². The maximum absolute atomic E-state index is 5.35. The number of guanidine groups is 1. The summed E-state index contributed by atoms with van der Waals surface area (Å²) in [4.78, 5) is 9.36. The van der Waals surface area contributed by atoms with Crippen molar-refractivity contribution < 1.29 is 4.74 Å². The van der Waals surface area contributed by atoms with Crippen LogP contribution in [-0.2, 0) is 11.3 Å². The molecule has 8 heteroatoms. The third-order valence-electron chi connectivity index (χ3n) is 5.93. The highest BCUT2D eigenvalue weighted by atomic mass is 127. The molecule has 0 saturated heterocycles. The van der Waals surface area contributed by atoms with E-state index in [9.17, 15) is 0 Å². The van der Waals surface area contributed by atoms with E-state index in [2.05, 4.69) is 39.8 Å². The van der Waals surface area contributed by atoms with Gasteiger partial charge in [0.05, 0.1) is 12.2 Å². The molecule has 0 unspecified atom stereocenters. The summed E-state index contributed by atoms with van der Waals surface area (Å²) in [5, 5.41) is 11.4. The molecule has 0 amide bonds. The molecule has 2 aromatic heterocycles. The molecule has 172 valence electrons. The molecule has 0 bridgehead atoms. The summed E-state index contributed by atoms with van der Waals surface area (Å²) in [7, 11) is 1.79. The highest BCUT2D eigenvalue weighted by Crippen LogP contribution is 2.40. The fraction of sp³-hybridized carbons (Fsp3) is 0.609. The van der Waals surface area contributed by atoms with Crippen LogP contribution in [0.5, 0.6) is 0 Å². The number of aryl methyl sites for hydroxylation is 2. The van der Waals surface area contributed by atoms with Crippen LogP contribution in [0.1, 0.15) is 56.0 Å². The van der Waals surface area contributed by atoms with Gasteiger partial charge < -0.3 is 15.4 Å². The number of hydrogen-bond donors (Lipinski definition) is 2. The summed E-state index contributed by atoms with van der Waals surface area (Å²) in [6.07, 6.45) is 8.14. The van der Waals surface area contributed by atoms with E-state index in [1.54, 1.807) is 7.11 Å². The van der Waals surface area contributed by atoms with Crippen molar-refractivity contribution in [3.63, 3.8) is 0 Å². The maximum atomic E-state index is 5.35. The predicted molar refractivity (Wildman–Crippen MR) is 136 cm³/mol. The van der Waals surface area contributed by atoms with Crippen LogP contribution in [0.4, 0.5) is 0 Å². The lowest BCUT2D eigenvalue weighted by atomic mass is 9.83. The predicted octanol–water partition coefficient (Wildman–Crippen LogP) is 4.15. The molecule has 0 atom stereocenters. The Morgan fingerprint density at radius 3 is 2.58 bits per heavy atom. The second-order valence-corrected chi connectivity index (χ2v) is 8.36. The van der Waals surface area contributed by atoms with Crippen molar-refractivity contribution in [2.75, 3.05) is 26.8 Å². The summed E-state index contributed by atoms with van der Waals surface area (Å²) >= 11 is 0. The molecule has 2 heterocycles. The van der Waals surface area contributed by atoms with Gasteiger partial charge in [0.2, 0.25) is 0 Å². The highest BCUT2D eigenvalue weighted by Gasteiger charge is 2.33. The molecule has 2 aromatic rings. The lowest BCUT2D eigenvalue weighted by molar-refractivity contribution is 0.138. The Bertz CT molecular complexity index is 827. The molecular weight excluding hydrogens is 503 g/mol. The van der Waals surface area contributed by atoms with Gasteiger partial charge in [-0.05, 0) is 63.1 Å². The zero-order valence-corrected chi connectivity index (χ0v) is 21.6. The minimum Gasteiger partial charge on any atom is -0.385 e. The summed E-state index contributed by atoms with van der Waals surface area (Å²) in [6.45, 7) is 9.32. The fourth-order valence-corrected chi connectivity index (χ4v) is 4.24. The van der Waals surface area contributed by atoms with Crippen LogP contribution in [-0.4, -0.2) is 47.5 Å². The lowest BCUT2D eigenvalue weighted by Gasteiger charge is -2.30. The number of methoxy groups -OCH3 is 1. The molecule has 0 aromatic carbocycles. The number of nitrogens with one attached hydrogen (secondary N) is 2. The Labute approximate surface area is 203 Å². The first kappa shape index (κ1) is 25.6. The molecule has 1 aliphatic rings. The zero-order valence-electron chi connectivity index (χ0n) is 19.3. The van der Waals surface area contributed by atoms with Crippen molar-refractivity contribution in [2.24, 2.45) is 10.4 Å². The van der Waals surface area contributed by atoms with Crippen LogP contribution in [0, 0.1) is 19.3 Å². The van der Waals surface area contributed by atoms with E-state index >= 15 is 0 Å². The van der Waals surface area contributed by atoms with Gasteiger partial charge in [-0.1, -0.05) is 18.9 Å². The van der Waals surface area contributed by atoms with Gasteiger partial charge in [-0.3, -0.25) is 0 Å². The average molecular weight is 540 g/mol. The van der Waals surface area contributed by atoms with Crippen molar-refractivity contribution in [3.05, 3.63) is 41.3 Å². The summed E-state index contributed by atoms with van der Waals surface area (Å²) in [5.74, 6) is 1.70. The number of hydrogen-bond acceptors (Lipinski definition) is 4. The molecule has 7 nitrogen and oxygen atoms in total. The van der Waals surface area contributed by atoms with Crippen LogP contribution in [0.3, 0.4) is 0 Å². The zero-order chi connectivity index (χ0) is 21.4. The number of aromatic nitrogens is 3. The second kappa shape index (κ2) is 12.4. The molecule has 1 fully saturated rings. The first-order valence-corrected chi connectivity index (χ1v) is 11.0. The van der Waals surface area contributed by atoms with Gasteiger partial charge in [-0.2, -0.15) is 5.10 Å². The van der Waals surface area contributed by atoms with E-state index in [-0.39, 0.29) is 24.0 Å². The van der Waals surface area contributed by atoms with E-state index in [0.717, 1.165) is 54.8 Å². The maximum Gasteiger partial charge on any atom is 0.191 e. The van der Waals surface area contributed by atoms with Crippen LogP contribution in [0.2, 0.25) is 0 Å². The van der Waals surface area contributed by atoms with Crippen LogP contribution < -0.4 is 10.6 Å². The number of halogens is 1. The molecule has 0 radical (unpaired) electrons. The van der Waals surface area contributed by atoms with Gasteiger partial charge in [0, 0.05) is 38.7 Å². The number of nitrogens with zero attached hydrogens (tertiary/aromatic N) is 4. The lowest BCUT2D eigenvalue weighted by Crippen LogP contribution is -2.43. The van der Waals surface area contributed by atoms with Crippen molar-refractivity contribution >= 4 is 29.9 Å². The summed E-state index contributed by atoms with van der Waals surface area (Å²) in [5.41, 5.74) is 3.48. The quantitative estimate of drug-likeness (QED) is 0.284. The number of pyridine rings is 1. The van der Waals surface area contributed by atoms with Crippen molar-refractivity contribution in [2.45, 2.75) is 59.4 Å². The summed E-state index contributed by atoms with van der Waals surface area (Å²) in [6, 6.07) is 6.13. The minimum atomic E-state index is 0. The Balaban J connectivity index is 0.00000341. The first-order valence-electron chi connectivity index (χ1n) is 11.0. The molecule has 0 aliphatic heterocycles. The molecule has 1 aliphatic carbocycles. The molecule has 0 spiro atoms. The average Bonchev–Trinajstić information content (AvgIpc) is 3.35. The van der Waals surface area contributed by atoms with E-state index in [1.807, 2.05) is 30.8 Å². The molecule has 2 N–H and O–H groups in total. The van der Waals surface area contributed by atoms with E-state index in [0.29, 0.717) is 12.0 Å². The summed E-state index contributed by atoms with van der Waals surface area (Å²) < 4.78 is 7.22. The number of rotatable bonds is 9. The van der Waals surface area contributed by atoms with Crippen molar-refractivity contribution in [1.29, 1.82) is 0 Å². The Morgan fingerprint density at radius 1 is 1.23 bits per heavy atom. The third kappa shape index (κ3) is 7.17. The van der Waals surface area contributed by atoms with Crippen LogP contribution in [0.25, 0.3) is 5.82 Å². The van der Waals surface area contributed by atoms with Gasteiger partial charge in [0.25, 0.3) is 0 Å². The standard InChI is InChI=1S/C23H36N6O.HI/c1-5-24-22(27-17-23(12-13-30-4)10-6-7-11-23)26-16-20-8-9-21(25-15-20)29-19(3)14-18(2)28-29;/h8-9,14-15H,5-7,10-13,16-17H2,1-4H3,(H2,24,26,27);1H. The first-order chi connectivity index (χ1) is 14.5. The third-order valence-corrected chi connectivity index (χ3v) is 5.93. The highest BCUT2D eigenvalue weighted by molar-refractivity contribution is 14.0. The van der Waals surface area contributed by atoms with E-state index < -0.39 is 0 Å². The Kier molecular flexibility index (Phi) is 10.2. The normalized spacial score (nSPS) is 15.5. The topological polar surface area (TPSA) is 76.4 Å². The van der Waals surface area contributed by atoms with Crippen LogP contribution in [0.15, 0.2) is 29.4 Å². The number of aliphatic imine (C=N–C) groups is 1. The molecule has 1 saturated carbocycles. The molecule has 3 rings (SSSR count). The van der Waals surface area contributed by atoms with Crippen molar-refractivity contribution in [3.8, 4) is 5.82 Å². The Hall–Kier alpha value is -1.68. The second-order valence-electron chi connectivity index (χ2n) is 8.36. The Morgan fingerprint density at radius 2 is 2.00 bits per heavy atom. The largest absolute Gasteiger partial charge is 0.385 e. The fourth-order valence-electron chi connectivity index (χ4n) is 4.24. The van der Waals surface area contributed by atoms with Gasteiger partial charge in [0.1, 0.15) is 0 Å². The van der Waals surface area contributed by atoms with Crippen LogP contribution >= 0.6 is 24.0 Å². The molecular formula is C23H37IN6O. The minimum absolute atomic E-state index is 0. The van der Waals surface area contributed by atoms with Gasteiger partial charge in [-0.15, -0.1) is 24.0 Å². The van der Waals surface area contributed by atoms with Crippen molar-refractivity contribution in [1.82, 2.24) is 25.4 Å². The van der Waals surface area contributed by atoms with Gasteiger partial charge >= 0.3 is 0 Å². The monoisotopic (exact) mass is 540 g/mol. The number of ether oxygens (including phenoxy) is 1. The molecule has 31 heavy (non-hydrogen) atoms. The SMILES string of the molecule is CCNC(=NCc1ccc(-n2nc(C)cc2C)nc1)NCC1(CCOC)CCCC1.I. The smallest absolute Gasteiger partial charge is 0.191 e.